The van der Waals surface area contributed by atoms with Crippen molar-refractivity contribution < 1.29 is 8.42 Å². The summed E-state index contributed by atoms with van der Waals surface area (Å²) < 4.78 is 29.4. The van der Waals surface area contributed by atoms with Crippen molar-refractivity contribution in [1.29, 1.82) is 0 Å². The van der Waals surface area contributed by atoms with E-state index < -0.39 is 10.0 Å². The molecule has 2 heterocycles. The van der Waals surface area contributed by atoms with Gasteiger partial charge in [-0.2, -0.15) is 4.31 Å². The van der Waals surface area contributed by atoms with Gasteiger partial charge in [0.25, 0.3) is 0 Å². The Kier molecular flexibility index (Phi) is 6.46. The van der Waals surface area contributed by atoms with E-state index in [0.717, 1.165) is 28.9 Å². The van der Waals surface area contributed by atoms with E-state index in [2.05, 4.69) is 36.9 Å². The minimum Gasteiger partial charge on any atom is -0.341 e. The maximum atomic E-state index is 12.9. The van der Waals surface area contributed by atoms with E-state index in [4.69, 9.17) is 0 Å². The molecule has 0 amide bonds. The van der Waals surface area contributed by atoms with Crippen molar-refractivity contribution in [2.45, 2.75) is 55.0 Å². The fourth-order valence-electron chi connectivity index (χ4n) is 4.08. The van der Waals surface area contributed by atoms with Crippen molar-refractivity contribution in [3.63, 3.8) is 0 Å². The summed E-state index contributed by atoms with van der Waals surface area (Å²) in [5.41, 5.74) is 2.68. The van der Waals surface area contributed by atoms with Crippen LogP contribution >= 0.6 is 11.8 Å². The Morgan fingerprint density at radius 2 is 1.85 bits per heavy atom. The number of hydrogen-bond donors (Lipinski definition) is 1. The molecule has 0 radical (unpaired) electrons. The number of nitrogens with zero attached hydrogens (tertiary/aromatic N) is 5. The average molecular weight is 497 g/mol. The number of fused-ring (bicyclic) bond motifs is 1. The third kappa shape index (κ3) is 4.62. The molecule has 0 spiro atoms. The monoisotopic (exact) mass is 496 g/mol. The zero-order valence-corrected chi connectivity index (χ0v) is 20.9. The Bertz CT molecular complexity index is 1390. The molecule has 2 aromatic heterocycles. The molecule has 1 saturated carbocycles. The first kappa shape index (κ1) is 23.1. The lowest BCUT2D eigenvalue weighted by Gasteiger charge is -2.18. The average Bonchev–Trinajstić information content (AvgIpc) is 3.48. The van der Waals surface area contributed by atoms with Crippen LogP contribution in [0.3, 0.4) is 0 Å². The number of hydrogen-bond acceptors (Lipinski definition) is 6. The van der Waals surface area contributed by atoms with Gasteiger partial charge < -0.3 is 9.55 Å². The number of aromatic nitrogens is 5. The van der Waals surface area contributed by atoms with Gasteiger partial charge in [0.15, 0.2) is 5.16 Å². The highest BCUT2D eigenvalue weighted by molar-refractivity contribution is 7.98. The normalized spacial score (nSPS) is 14.3. The molecule has 34 heavy (non-hydrogen) atoms. The summed E-state index contributed by atoms with van der Waals surface area (Å²) in [4.78, 5) is 8.23. The fraction of sp³-hybridized carbons (Fsp3) is 0.375. The van der Waals surface area contributed by atoms with E-state index in [1.54, 1.807) is 30.0 Å². The number of nitrogens with one attached hydrogen (secondary N) is 1. The Labute approximate surface area is 203 Å². The van der Waals surface area contributed by atoms with Crippen molar-refractivity contribution in [2.75, 3.05) is 13.1 Å². The van der Waals surface area contributed by atoms with Gasteiger partial charge in [0.2, 0.25) is 10.0 Å². The molecule has 0 unspecified atom stereocenters. The number of aromatic amines is 1. The molecule has 0 bridgehead atoms. The molecule has 10 heteroatoms. The maximum absolute atomic E-state index is 12.9. The Hall–Kier alpha value is -2.69. The molecule has 0 saturated heterocycles. The van der Waals surface area contributed by atoms with E-state index in [1.165, 1.54) is 22.7 Å². The van der Waals surface area contributed by atoms with E-state index in [9.17, 15) is 8.42 Å². The summed E-state index contributed by atoms with van der Waals surface area (Å²) in [6, 6.07) is 15.4. The smallest absolute Gasteiger partial charge is 0.243 e. The third-order valence-corrected chi connectivity index (χ3v) is 9.08. The second-order valence-corrected chi connectivity index (χ2v) is 11.3. The lowest BCUT2D eigenvalue weighted by atomic mass is 10.2. The quantitative estimate of drug-likeness (QED) is 0.327. The number of benzene rings is 2. The standard InChI is InChI=1S/C24H28N6O2S2/c1-3-29(4-2)34(31,32)19-12-13-20-21(14-19)26-22(25-20)16-33-24-28-27-23(18-10-11-18)30(24)15-17-8-6-5-7-9-17/h5-9,12-14,18H,3-4,10-11,15-16H2,1-2H3,(H,25,26). The van der Waals surface area contributed by atoms with E-state index in [-0.39, 0.29) is 4.90 Å². The van der Waals surface area contributed by atoms with Gasteiger partial charge in [0, 0.05) is 19.0 Å². The van der Waals surface area contributed by atoms with E-state index >= 15 is 0 Å². The molecule has 1 aliphatic rings. The zero-order chi connectivity index (χ0) is 23.7. The van der Waals surface area contributed by atoms with Crippen LogP contribution in [0.2, 0.25) is 0 Å². The molecule has 0 atom stereocenters. The van der Waals surface area contributed by atoms with E-state index in [1.807, 2.05) is 32.0 Å². The fourth-order valence-corrected chi connectivity index (χ4v) is 6.38. The van der Waals surface area contributed by atoms with Crippen LogP contribution in [0, 0.1) is 0 Å². The Balaban J connectivity index is 1.36. The molecule has 0 aliphatic heterocycles. The summed E-state index contributed by atoms with van der Waals surface area (Å²) in [6.07, 6.45) is 2.33. The Morgan fingerprint density at radius 1 is 1.09 bits per heavy atom. The number of sulfonamides is 1. The molecule has 5 rings (SSSR count). The summed E-state index contributed by atoms with van der Waals surface area (Å²) in [5.74, 6) is 2.93. The zero-order valence-electron chi connectivity index (χ0n) is 19.3. The van der Waals surface area contributed by atoms with E-state index in [0.29, 0.717) is 30.3 Å². The first-order valence-electron chi connectivity index (χ1n) is 11.6. The van der Waals surface area contributed by atoms with Gasteiger partial charge in [-0.15, -0.1) is 10.2 Å². The van der Waals surface area contributed by atoms with Crippen molar-refractivity contribution in [3.05, 3.63) is 65.7 Å². The molecule has 1 fully saturated rings. The first-order chi connectivity index (χ1) is 16.5. The number of thioether (sulfide) groups is 1. The largest absolute Gasteiger partial charge is 0.341 e. The van der Waals surface area contributed by atoms with Gasteiger partial charge in [-0.05, 0) is 36.6 Å². The molecular formula is C24H28N6O2S2. The highest BCUT2D eigenvalue weighted by Crippen LogP contribution is 2.40. The van der Waals surface area contributed by atoms with Gasteiger partial charge in [-0.25, -0.2) is 13.4 Å². The second-order valence-electron chi connectivity index (χ2n) is 8.43. The van der Waals surface area contributed by atoms with Gasteiger partial charge in [0.05, 0.1) is 28.2 Å². The molecule has 1 N–H and O–H groups in total. The molecule has 8 nitrogen and oxygen atoms in total. The third-order valence-electron chi connectivity index (χ3n) is 6.06. The van der Waals surface area contributed by atoms with Crippen molar-refractivity contribution in [2.24, 2.45) is 0 Å². The second kappa shape index (κ2) is 9.52. The van der Waals surface area contributed by atoms with Crippen LogP contribution in [-0.4, -0.2) is 50.5 Å². The van der Waals surface area contributed by atoms with Crippen LogP contribution in [0.15, 0.2) is 58.6 Å². The number of rotatable bonds is 10. The van der Waals surface area contributed by atoms with Gasteiger partial charge >= 0.3 is 0 Å². The predicted octanol–water partition coefficient (Wildman–Crippen LogP) is 4.40. The number of imidazole rings is 1. The summed E-state index contributed by atoms with van der Waals surface area (Å²) in [5, 5.41) is 9.84. The lowest BCUT2D eigenvalue weighted by Crippen LogP contribution is -2.30. The minimum absolute atomic E-state index is 0.281. The topological polar surface area (TPSA) is 96.8 Å². The molecular weight excluding hydrogens is 468 g/mol. The van der Waals surface area contributed by atoms with Crippen LogP contribution in [-0.2, 0) is 22.3 Å². The molecule has 4 aromatic rings. The number of H-pyrrole nitrogens is 1. The van der Waals surface area contributed by atoms with Gasteiger partial charge in [-0.3, -0.25) is 0 Å². The molecule has 178 valence electrons. The van der Waals surface area contributed by atoms with Crippen molar-refractivity contribution >= 4 is 32.8 Å². The van der Waals surface area contributed by atoms with Crippen molar-refractivity contribution in [3.8, 4) is 0 Å². The lowest BCUT2D eigenvalue weighted by molar-refractivity contribution is 0.445. The van der Waals surface area contributed by atoms with Crippen LogP contribution in [0.1, 0.15) is 49.8 Å². The van der Waals surface area contributed by atoms with Crippen LogP contribution < -0.4 is 0 Å². The molecule has 2 aromatic carbocycles. The Morgan fingerprint density at radius 3 is 2.56 bits per heavy atom. The summed E-state index contributed by atoms with van der Waals surface area (Å²) in [6.45, 7) is 5.31. The van der Waals surface area contributed by atoms with Gasteiger partial charge in [0.1, 0.15) is 11.6 Å². The SMILES string of the molecule is CCN(CC)S(=O)(=O)c1ccc2nc(CSc3nnc(C4CC4)n3Cc3ccccc3)[nH]c2c1. The highest BCUT2D eigenvalue weighted by atomic mass is 32.2. The van der Waals surface area contributed by atoms with Crippen molar-refractivity contribution in [1.82, 2.24) is 29.0 Å². The maximum Gasteiger partial charge on any atom is 0.243 e. The summed E-state index contributed by atoms with van der Waals surface area (Å²) >= 11 is 1.59. The first-order valence-corrected chi connectivity index (χ1v) is 14.0. The summed E-state index contributed by atoms with van der Waals surface area (Å²) in [7, 11) is -3.51. The highest BCUT2D eigenvalue weighted by Gasteiger charge is 2.30. The van der Waals surface area contributed by atoms with Crippen LogP contribution in [0.25, 0.3) is 11.0 Å². The predicted molar refractivity (Wildman–Crippen MR) is 133 cm³/mol. The molecule has 1 aliphatic carbocycles. The van der Waals surface area contributed by atoms with Crippen LogP contribution in [0.5, 0.6) is 0 Å². The minimum atomic E-state index is -3.51. The van der Waals surface area contributed by atoms with Gasteiger partial charge in [-0.1, -0.05) is 55.9 Å². The van der Waals surface area contributed by atoms with Crippen LogP contribution in [0.4, 0.5) is 0 Å².